The molecule has 1 aliphatic rings. The summed E-state index contributed by atoms with van der Waals surface area (Å²) in [5, 5.41) is 15.9. The van der Waals surface area contributed by atoms with Crippen molar-refractivity contribution in [3.8, 4) is 17.1 Å². The van der Waals surface area contributed by atoms with Gasteiger partial charge in [-0.25, -0.2) is 0 Å². The Morgan fingerprint density at radius 3 is 2.24 bits per heavy atom. The minimum Gasteiger partial charge on any atom is -0.497 e. The van der Waals surface area contributed by atoms with E-state index in [1.54, 1.807) is 13.3 Å². The molecule has 0 aliphatic carbocycles. The van der Waals surface area contributed by atoms with Crippen LogP contribution in [0.4, 0.5) is 11.5 Å². The van der Waals surface area contributed by atoms with Crippen LogP contribution in [0, 0.1) is 0 Å². The van der Waals surface area contributed by atoms with Gasteiger partial charge in [-0.2, -0.15) is 5.10 Å². The standard InChI is InChI=1S/C26H31N6O/c1-30-24(13-16-27-30)25-22-7-5-6-8-23(22)26(29-28-25)31-17-14-20(15-18-31)32(2,3)19-9-11-21(33-4)12-10-19/h5-13,16,20H,14-15,17-18H2,1-4H3/q+1. The fourth-order valence-electron chi connectivity index (χ4n) is 5.02. The first-order valence-corrected chi connectivity index (χ1v) is 11.5. The SMILES string of the molecule is COc1ccc([N+](C)(C)C2CCN(c3nnc(-c4ccnn4C)c4ccccc34)CC2)cc1. The lowest BCUT2D eigenvalue weighted by Gasteiger charge is -2.42. The molecular weight excluding hydrogens is 412 g/mol. The third-order valence-corrected chi connectivity index (χ3v) is 7.15. The highest BCUT2D eigenvalue weighted by Crippen LogP contribution is 2.34. The monoisotopic (exact) mass is 443 g/mol. The summed E-state index contributed by atoms with van der Waals surface area (Å²) in [6.45, 7) is 1.93. The Morgan fingerprint density at radius 1 is 0.909 bits per heavy atom. The number of nitrogens with zero attached hydrogens (tertiary/aromatic N) is 6. The molecule has 1 fully saturated rings. The van der Waals surface area contributed by atoms with Crippen molar-refractivity contribution in [2.45, 2.75) is 18.9 Å². The van der Waals surface area contributed by atoms with E-state index < -0.39 is 0 Å². The van der Waals surface area contributed by atoms with E-state index in [4.69, 9.17) is 9.84 Å². The summed E-state index contributed by atoms with van der Waals surface area (Å²) >= 11 is 0. The van der Waals surface area contributed by atoms with E-state index in [2.05, 4.69) is 77.7 Å². The molecule has 2 aromatic carbocycles. The summed E-state index contributed by atoms with van der Waals surface area (Å²) in [5.74, 6) is 1.87. The van der Waals surface area contributed by atoms with Gasteiger partial charge in [0.05, 0.1) is 32.9 Å². The van der Waals surface area contributed by atoms with Gasteiger partial charge in [0.1, 0.15) is 17.1 Å². The molecule has 4 aromatic rings. The van der Waals surface area contributed by atoms with E-state index in [0.29, 0.717) is 6.04 Å². The summed E-state index contributed by atoms with van der Waals surface area (Å²) in [4.78, 5) is 2.40. The average molecular weight is 444 g/mol. The topological polar surface area (TPSA) is 56.1 Å². The predicted molar refractivity (Wildman–Crippen MR) is 134 cm³/mol. The highest BCUT2D eigenvalue weighted by atomic mass is 16.5. The van der Waals surface area contributed by atoms with Crippen molar-refractivity contribution in [2.24, 2.45) is 7.05 Å². The number of ether oxygens (including phenoxy) is 1. The smallest absolute Gasteiger partial charge is 0.159 e. The van der Waals surface area contributed by atoms with Crippen LogP contribution in [-0.2, 0) is 7.05 Å². The van der Waals surface area contributed by atoms with E-state index in [-0.39, 0.29) is 0 Å². The van der Waals surface area contributed by atoms with Gasteiger partial charge in [0.15, 0.2) is 5.82 Å². The molecule has 0 atom stereocenters. The normalized spacial score (nSPS) is 15.2. The number of piperidine rings is 1. The Balaban J connectivity index is 1.39. The third kappa shape index (κ3) is 3.82. The number of methoxy groups -OCH3 is 1. The predicted octanol–water partition coefficient (Wildman–Crippen LogP) is 4.27. The molecule has 2 aromatic heterocycles. The van der Waals surface area contributed by atoms with E-state index in [0.717, 1.165) is 64.1 Å². The van der Waals surface area contributed by atoms with Gasteiger partial charge in [0.2, 0.25) is 0 Å². The zero-order chi connectivity index (χ0) is 23.0. The number of anilines is 1. The molecule has 0 radical (unpaired) electrons. The van der Waals surface area contributed by atoms with Crippen molar-refractivity contribution in [3.05, 3.63) is 60.8 Å². The molecule has 5 rings (SSSR count). The molecule has 3 heterocycles. The van der Waals surface area contributed by atoms with Crippen LogP contribution in [0.1, 0.15) is 12.8 Å². The van der Waals surface area contributed by atoms with Crippen molar-refractivity contribution in [1.82, 2.24) is 24.5 Å². The number of quaternary nitrogens is 1. The van der Waals surface area contributed by atoms with Gasteiger partial charge >= 0.3 is 0 Å². The molecule has 0 saturated carbocycles. The lowest BCUT2D eigenvalue weighted by molar-refractivity contribution is 0.248. The highest BCUT2D eigenvalue weighted by molar-refractivity contribution is 5.99. The zero-order valence-corrected chi connectivity index (χ0v) is 19.8. The van der Waals surface area contributed by atoms with Gasteiger partial charge in [-0.3, -0.25) is 9.16 Å². The molecule has 33 heavy (non-hydrogen) atoms. The first kappa shape index (κ1) is 21.4. The van der Waals surface area contributed by atoms with Crippen LogP contribution in [0.3, 0.4) is 0 Å². The quantitative estimate of drug-likeness (QED) is 0.431. The second-order valence-corrected chi connectivity index (χ2v) is 9.21. The van der Waals surface area contributed by atoms with E-state index in [1.165, 1.54) is 5.69 Å². The van der Waals surface area contributed by atoms with E-state index in [9.17, 15) is 0 Å². The summed E-state index contributed by atoms with van der Waals surface area (Å²) in [5.41, 5.74) is 3.16. The molecule has 0 spiro atoms. The lowest BCUT2D eigenvalue weighted by atomic mass is 9.99. The highest BCUT2D eigenvalue weighted by Gasteiger charge is 2.34. The molecule has 0 bridgehead atoms. The number of aryl methyl sites for hydroxylation is 1. The maximum absolute atomic E-state index is 5.33. The second kappa shape index (κ2) is 8.48. The average Bonchev–Trinajstić information content (AvgIpc) is 3.29. The number of hydrogen-bond acceptors (Lipinski definition) is 5. The fraction of sp³-hybridized carbons (Fsp3) is 0.346. The van der Waals surface area contributed by atoms with Gasteiger partial charge in [-0.05, 0) is 18.2 Å². The Morgan fingerprint density at radius 2 is 1.61 bits per heavy atom. The van der Waals surface area contributed by atoms with Crippen molar-refractivity contribution in [1.29, 1.82) is 0 Å². The molecule has 1 saturated heterocycles. The summed E-state index contributed by atoms with van der Waals surface area (Å²) in [6, 6.07) is 19.4. The third-order valence-electron chi connectivity index (χ3n) is 7.15. The molecule has 1 aliphatic heterocycles. The van der Waals surface area contributed by atoms with Crippen LogP contribution in [0.5, 0.6) is 5.75 Å². The summed E-state index contributed by atoms with van der Waals surface area (Å²) in [6.07, 6.45) is 3.99. The van der Waals surface area contributed by atoms with Gasteiger partial charge in [0.25, 0.3) is 0 Å². The number of rotatable bonds is 5. The van der Waals surface area contributed by atoms with Gasteiger partial charge in [-0.1, -0.05) is 24.3 Å². The summed E-state index contributed by atoms with van der Waals surface area (Å²) < 4.78 is 8.05. The zero-order valence-electron chi connectivity index (χ0n) is 19.8. The van der Waals surface area contributed by atoms with Crippen molar-refractivity contribution >= 4 is 22.3 Å². The van der Waals surface area contributed by atoms with Crippen molar-refractivity contribution < 1.29 is 4.74 Å². The van der Waals surface area contributed by atoms with Crippen LogP contribution in [-0.4, -0.2) is 60.3 Å². The first-order valence-electron chi connectivity index (χ1n) is 11.5. The first-order chi connectivity index (χ1) is 16.0. The maximum atomic E-state index is 5.33. The molecule has 7 heteroatoms. The van der Waals surface area contributed by atoms with Crippen molar-refractivity contribution in [3.63, 3.8) is 0 Å². The number of fused-ring (bicyclic) bond motifs is 1. The number of aromatic nitrogens is 4. The largest absolute Gasteiger partial charge is 0.497 e. The lowest BCUT2D eigenvalue weighted by Crippen LogP contribution is -2.55. The molecule has 0 amide bonds. The number of benzene rings is 2. The molecule has 7 nitrogen and oxygen atoms in total. The van der Waals surface area contributed by atoms with E-state index in [1.807, 2.05) is 17.8 Å². The maximum Gasteiger partial charge on any atom is 0.159 e. The van der Waals surface area contributed by atoms with Gasteiger partial charge in [-0.15, -0.1) is 10.2 Å². The molecular formula is C26H31N6O+. The van der Waals surface area contributed by atoms with Crippen LogP contribution in [0.2, 0.25) is 0 Å². The number of hydrogen-bond donors (Lipinski definition) is 0. The van der Waals surface area contributed by atoms with Crippen molar-refractivity contribution in [2.75, 3.05) is 39.2 Å². The Hall–Kier alpha value is -3.45. The molecule has 0 N–H and O–H groups in total. The van der Waals surface area contributed by atoms with Crippen LogP contribution in [0.25, 0.3) is 22.2 Å². The van der Waals surface area contributed by atoms with Crippen LogP contribution >= 0.6 is 0 Å². The fourth-order valence-corrected chi connectivity index (χ4v) is 5.02. The van der Waals surface area contributed by atoms with Gasteiger partial charge < -0.3 is 9.64 Å². The second-order valence-electron chi connectivity index (χ2n) is 9.21. The van der Waals surface area contributed by atoms with E-state index >= 15 is 0 Å². The van der Waals surface area contributed by atoms with Crippen LogP contribution < -0.4 is 14.1 Å². The Labute approximate surface area is 194 Å². The van der Waals surface area contributed by atoms with Gasteiger partial charge in [0, 0.05) is 62.1 Å². The summed E-state index contributed by atoms with van der Waals surface area (Å²) in [7, 11) is 8.26. The molecule has 170 valence electrons. The minimum absolute atomic E-state index is 0.544. The van der Waals surface area contributed by atoms with Crippen LogP contribution in [0.15, 0.2) is 60.8 Å². The Kier molecular flexibility index (Phi) is 5.50. The minimum atomic E-state index is 0.544. The Bertz CT molecular complexity index is 1260. The molecule has 0 unspecified atom stereocenters.